The number of nitrogens with one attached hydrogen (secondary N) is 1. The van der Waals surface area contributed by atoms with Gasteiger partial charge in [-0.3, -0.25) is 5.10 Å². The van der Waals surface area contributed by atoms with Gasteiger partial charge in [-0.15, -0.1) is 10.2 Å². The number of hydrogen-bond donors (Lipinski definition) is 1. The number of halogens is 1. The molecule has 0 bridgehead atoms. The van der Waals surface area contributed by atoms with Crippen molar-refractivity contribution in [3.63, 3.8) is 0 Å². The Morgan fingerprint density at radius 2 is 2.04 bits per heavy atom. The quantitative estimate of drug-likeness (QED) is 0.311. The summed E-state index contributed by atoms with van der Waals surface area (Å²) in [7, 11) is 0. The highest BCUT2D eigenvalue weighted by molar-refractivity contribution is 9.09. The Labute approximate surface area is 163 Å². The van der Waals surface area contributed by atoms with Crippen LogP contribution in [0.25, 0.3) is 21.1 Å². The molecule has 4 aromatic rings. The SMILES string of the molecule is CCN(CCBr)c1ccc(N=Nc2nc3cc4[nH]ncc4cc3s2)cc1. The van der Waals surface area contributed by atoms with E-state index in [4.69, 9.17) is 0 Å². The molecule has 0 amide bonds. The minimum absolute atomic E-state index is 0.652. The van der Waals surface area contributed by atoms with E-state index in [2.05, 4.69) is 71.4 Å². The molecule has 132 valence electrons. The van der Waals surface area contributed by atoms with Crippen LogP contribution >= 0.6 is 27.3 Å². The predicted molar refractivity (Wildman–Crippen MR) is 112 cm³/mol. The largest absolute Gasteiger partial charge is 0.371 e. The first-order valence-electron chi connectivity index (χ1n) is 8.33. The van der Waals surface area contributed by atoms with Crippen molar-refractivity contribution in [3.05, 3.63) is 42.6 Å². The fourth-order valence-electron chi connectivity index (χ4n) is 2.80. The number of alkyl halides is 1. The number of thiazole rings is 1. The number of nitrogens with zero attached hydrogens (tertiary/aromatic N) is 5. The molecule has 0 atom stereocenters. The number of benzene rings is 2. The van der Waals surface area contributed by atoms with Crippen LogP contribution in [0.1, 0.15) is 6.92 Å². The van der Waals surface area contributed by atoms with E-state index in [1.165, 1.54) is 17.0 Å². The number of aromatic nitrogens is 3. The summed E-state index contributed by atoms with van der Waals surface area (Å²) in [4.78, 5) is 6.84. The number of aromatic amines is 1. The second kappa shape index (κ2) is 7.51. The van der Waals surface area contributed by atoms with Crippen molar-refractivity contribution in [2.45, 2.75) is 6.92 Å². The van der Waals surface area contributed by atoms with E-state index < -0.39 is 0 Å². The number of anilines is 1. The summed E-state index contributed by atoms with van der Waals surface area (Å²) in [5, 5.41) is 18.3. The molecule has 1 N–H and O–H groups in total. The smallest absolute Gasteiger partial charge is 0.231 e. The maximum absolute atomic E-state index is 4.54. The number of rotatable bonds is 6. The first-order valence-corrected chi connectivity index (χ1v) is 10.3. The Hall–Kier alpha value is -2.32. The van der Waals surface area contributed by atoms with E-state index in [1.807, 2.05) is 24.4 Å². The Morgan fingerprint density at radius 1 is 1.19 bits per heavy atom. The molecule has 2 aromatic carbocycles. The van der Waals surface area contributed by atoms with Crippen LogP contribution in [0, 0.1) is 0 Å². The molecule has 4 rings (SSSR count). The summed E-state index contributed by atoms with van der Waals surface area (Å²) >= 11 is 5.02. The highest BCUT2D eigenvalue weighted by atomic mass is 79.9. The maximum Gasteiger partial charge on any atom is 0.231 e. The van der Waals surface area contributed by atoms with Crippen LogP contribution < -0.4 is 4.90 Å². The van der Waals surface area contributed by atoms with Gasteiger partial charge >= 0.3 is 0 Å². The normalized spacial score (nSPS) is 11.8. The number of hydrogen-bond acceptors (Lipinski definition) is 6. The molecule has 0 unspecified atom stereocenters. The topological polar surface area (TPSA) is 69.5 Å². The highest BCUT2D eigenvalue weighted by Crippen LogP contribution is 2.32. The first kappa shape index (κ1) is 17.1. The molecule has 8 heteroatoms. The van der Waals surface area contributed by atoms with Crippen LogP contribution in [-0.2, 0) is 0 Å². The Bertz CT molecular complexity index is 1000. The molecular weight excluding hydrogens is 412 g/mol. The lowest BCUT2D eigenvalue weighted by molar-refractivity contribution is 0.875. The Kier molecular flexibility index (Phi) is 4.94. The second-order valence-electron chi connectivity index (χ2n) is 5.76. The van der Waals surface area contributed by atoms with E-state index >= 15 is 0 Å². The number of fused-ring (bicyclic) bond motifs is 2. The van der Waals surface area contributed by atoms with Gasteiger partial charge in [0.1, 0.15) is 0 Å². The molecule has 0 aliphatic carbocycles. The van der Waals surface area contributed by atoms with Crippen LogP contribution in [0.3, 0.4) is 0 Å². The molecule has 0 saturated heterocycles. The first-order chi connectivity index (χ1) is 12.8. The van der Waals surface area contributed by atoms with Gasteiger partial charge in [-0.1, -0.05) is 27.3 Å². The van der Waals surface area contributed by atoms with Crippen molar-refractivity contribution in [2.75, 3.05) is 23.3 Å². The molecule has 0 radical (unpaired) electrons. The van der Waals surface area contributed by atoms with Gasteiger partial charge in [0.15, 0.2) is 0 Å². The summed E-state index contributed by atoms with van der Waals surface area (Å²) in [6.07, 6.45) is 1.81. The molecule has 0 aliphatic heterocycles. The van der Waals surface area contributed by atoms with Crippen LogP contribution in [0.15, 0.2) is 52.8 Å². The molecule has 26 heavy (non-hydrogen) atoms. The molecule has 0 saturated carbocycles. The Morgan fingerprint density at radius 3 is 2.81 bits per heavy atom. The fraction of sp³-hybridized carbons (Fsp3) is 0.222. The summed E-state index contributed by atoms with van der Waals surface area (Å²) < 4.78 is 1.08. The molecule has 6 nitrogen and oxygen atoms in total. The van der Waals surface area contributed by atoms with Crippen LogP contribution in [-0.4, -0.2) is 33.6 Å². The Balaban J connectivity index is 1.54. The second-order valence-corrected chi connectivity index (χ2v) is 7.56. The zero-order chi connectivity index (χ0) is 17.9. The number of azo groups is 1. The third-order valence-corrected chi connectivity index (χ3v) is 5.40. The lowest BCUT2D eigenvalue weighted by Crippen LogP contribution is -2.24. The van der Waals surface area contributed by atoms with E-state index in [0.717, 1.165) is 45.2 Å². The van der Waals surface area contributed by atoms with Crippen LogP contribution in [0.2, 0.25) is 0 Å². The van der Waals surface area contributed by atoms with Crippen LogP contribution in [0.4, 0.5) is 16.5 Å². The van der Waals surface area contributed by atoms with Gasteiger partial charge in [0.2, 0.25) is 5.13 Å². The van der Waals surface area contributed by atoms with Gasteiger partial charge in [-0.2, -0.15) is 5.10 Å². The van der Waals surface area contributed by atoms with Crippen molar-refractivity contribution in [1.82, 2.24) is 15.2 Å². The van der Waals surface area contributed by atoms with Crippen molar-refractivity contribution in [1.29, 1.82) is 0 Å². The lowest BCUT2D eigenvalue weighted by atomic mass is 10.2. The van der Waals surface area contributed by atoms with Gasteiger partial charge in [0, 0.05) is 29.5 Å². The van der Waals surface area contributed by atoms with Gasteiger partial charge in [0.25, 0.3) is 0 Å². The van der Waals surface area contributed by atoms with Gasteiger partial charge in [0.05, 0.1) is 27.6 Å². The predicted octanol–water partition coefficient (Wildman–Crippen LogP) is 5.81. The minimum Gasteiger partial charge on any atom is -0.371 e. The summed E-state index contributed by atoms with van der Waals surface area (Å²) in [6.45, 7) is 4.11. The van der Waals surface area contributed by atoms with Crippen molar-refractivity contribution < 1.29 is 0 Å². The fourth-order valence-corrected chi connectivity index (χ4v) is 4.04. The van der Waals surface area contributed by atoms with Crippen molar-refractivity contribution in [2.24, 2.45) is 10.2 Å². The monoisotopic (exact) mass is 428 g/mol. The molecule has 2 heterocycles. The summed E-state index contributed by atoms with van der Waals surface area (Å²) in [5.74, 6) is 0. The van der Waals surface area contributed by atoms with Gasteiger partial charge < -0.3 is 4.90 Å². The standard InChI is InChI=1S/C18H17BrN6S/c1-2-25(8-7-19)14-5-3-13(4-6-14)22-24-18-21-16-10-15-12(11-20-23-15)9-17(16)26-18/h3-6,9-11H,2,7-8H2,1H3,(H,20,23). The van der Waals surface area contributed by atoms with Crippen LogP contribution in [0.5, 0.6) is 0 Å². The lowest BCUT2D eigenvalue weighted by Gasteiger charge is -2.21. The molecule has 0 fully saturated rings. The third kappa shape index (κ3) is 3.47. The number of H-pyrrole nitrogens is 1. The highest BCUT2D eigenvalue weighted by Gasteiger charge is 2.06. The van der Waals surface area contributed by atoms with E-state index in [-0.39, 0.29) is 0 Å². The van der Waals surface area contributed by atoms with E-state index in [1.54, 1.807) is 0 Å². The third-order valence-electron chi connectivity index (χ3n) is 4.14. The van der Waals surface area contributed by atoms with Gasteiger partial charge in [-0.05, 0) is 43.3 Å². The summed E-state index contributed by atoms with van der Waals surface area (Å²) in [6, 6.07) is 12.2. The molecule has 0 aliphatic rings. The average Bonchev–Trinajstić information content (AvgIpc) is 3.28. The maximum atomic E-state index is 4.54. The molecule has 0 spiro atoms. The zero-order valence-electron chi connectivity index (χ0n) is 14.2. The van der Waals surface area contributed by atoms with Crippen molar-refractivity contribution >= 4 is 64.9 Å². The van der Waals surface area contributed by atoms with E-state index in [0.29, 0.717) is 5.13 Å². The van der Waals surface area contributed by atoms with Gasteiger partial charge in [-0.25, -0.2) is 4.98 Å². The average molecular weight is 429 g/mol. The van der Waals surface area contributed by atoms with E-state index in [9.17, 15) is 0 Å². The zero-order valence-corrected chi connectivity index (χ0v) is 16.6. The summed E-state index contributed by atoms with van der Waals surface area (Å²) in [5.41, 5.74) is 3.89. The van der Waals surface area contributed by atoms with Crippen molar-refractivity contribution in [3.8, 4) is 0 Å². The minimum atomic E-state index is 0.652. The molecule has 2 aromatic heterocycles. The molecular formula is C18H17BrN6S.